The van der Waals surface area contributed by atoms with Crippen molar-refractivity contribution in [2.24, 2.45) is 0 Å². The van der Waals surface area contributed by atoms with E-state index in [4.69, 9.17) is 4.98 Å². The van der Waals surface area contributed by atoms with Crippen LogP contribution in [0, 0.1) is 0 Å². The fraction of sp³-hybridized carbons (Fsp3) is 0.0588. The molecule has 0 aliphatic carbocycles. The van der Waals surface area contributed by atoms with Gasteiger partial charge in [0.2, 0.25) is 17.7 Å². The van der Waals surface area contributed by atoms with Gasteiger partial charge < -0.3 is 0 Å². The highest BCUT2D eigenvalue weighted by Crippen LogP contribution is 2.26. The zero-order chi connectivity index (χ0) is 17.2. The molecule has 1 amide bonds. The number of fused-ring (bicyclic) bond motifs is 1. The lowest BCUT2D eigenvalue weighted by Crippen LogP contribution is -2.10. The molecule has 4 aromatic rings. The number of carbonyl (C=O) groups excluding carboxylic acids is 1. The highest BCUT2D eigenvalue weighted by atomic mass is 16.1. The van der Waals surface area contributed by atoms with Gasteiger partial charge >= 0.3 is 0 Å². The summed E-state index contributed by atoms with van der Waals surface area (Å²) in [6.45, 7) is 1.40. The van der Waals surface area contributed by atoms with Crippen molar-refractivity contribution in [1.29, 1.82) is 0 Å². The predicted octanol–water partition coefficient (Wildman–Crippen LogP) is 2.44. The summed E-state index contributed by atoms with van der Waals surface area (Å²) in [6.07, 6.45) is 1.46. The highest BCUT2D eigenvalue weighted by molar-refractivity contribution is 5.92. The van der Waals surface area contributed by atoms with Crippen LogP contribution in [0.5, 0.6) is 0 Å². The van der Waals surface area contributed by atoms with Crippen molar-refractivity contribution in [2.75, 3.05) is 5.32 Å². The lowest BCUT2D eigenvalue weighted by molar-refractivity contribution is -0.114. The molecule has 0 fully saturated rings. The van der Waals surface area contributed by atoms with Crippen LogP contribution in [0.4, 0.5) is 5.95 Å². The molecule has 3 aromatic heterocycles. The molecule has 8 nitrogen and oxygen atoms in total. The topological polar surface area (TPSA) is 109 Å². The Morgan fingerprint density at radius 2 is 1.88 bits per heavy atom. The maximum Gasteiger partial charge on any atom is 0.230 e. The minimum absolute atomic E-state index is 0.189. The Kier molecular flexibility index (Phi) is 3.62. The molecule has 0 aliphatic rings. The smallest absolute Gasteiger partial charge is 0.230 e. The molecule has 2 N–H and O–H groups in total. The molecule has 25 heavy (non-hydrogen) atoms. The Morgan fingerprint density at radius 1 is 1.04 bits per heavy atom. The van der Waals surface area contributed by atoms with Crippen LogP contribution in [0.25, 0.3) is 33.8 Å². The predicted molar refractivity (Wildman–Crippen MR) is 92.4 cm³/mol. The number of H-pyrrole nitrogens is 1. The average Bonchev–Trinajstić information content (AvgIpc) is 3.15. The molecule has 4 rings (SSSR count). The van der Waals surface area contributed by atoms with Crippen LogP contribution in [0.2, 0.25) is 0 Å². The largest absolute Gasteiger partial charge is 0.295 e. The molecule has 0 aliphatic heterocycles. The van der Waals surface area contributed by atoms with E-state index in [-0.39, 0.29) is 11.9 Å². The van der Waals surface area contributed by atoms with Gasteiger partial charge in [-0.1, -0.05) is 30.3 Å². The van der Waals surface area contributed by atoms with Crippen molar-refractivity contribution < 1.29 is 4.79 Å². The van der Waals surface area contributed by atoms with Crippen LogP contribution < -0.4 is 5.32 Å². The van der Waals surface area contributed by atoms with Gasteiger partial charge in [-0.05, 0) is 12.1 Å². The molecule has 0 radical (unpaired) electrons. The molecular weight excluding hydrogens is 318 g/mol. The number of benzene rings is 1. The van der Waals surface area contributed by atoms with E-state index in [1.165, 1.54) is 13.3 Å². The number of rotatable bonds is 3. The van der Waals surface area contributed by atoms with Crippen LogP contribution in [0.1, 0.15) is 6.92 Å². The summed E-state index contributed by atoms with van der Waals surface area (Å²) in [7, 11) is 0. The fourth-order valence-corrected chi connectivity index (χ4v) is 2.48. The van der Waals surface area contributed by atoms with E-state index in [0.717, 1.165) is 11.3 Å². The van der Waals surface area contributed by atoms with Crippen molar-refractivity contribution in [3.8, 4) is 22.8 Å². The maximum absolute atomic E-state index is 11.3. The first-order chi connectivity index (χ1) is 12.2. The van der Waals surface area contributed by atoms with Crippen LogP contribution in [-0.4, -0.2) is 36.0 Å². The van der Waals surface area contributed by atoms with Gasteiger partial charge in [-0.15, -0.1) is 0 Å². The molecule has 0 saturated carbocycles. The SMILES string of the molecule is CC(=O)Nc1nc(-c2nc[nH]n2)c2nc(-c3ccccc3)ccc2n1. The van der Waals surface area contributed by atoms with Crippen molar-refractivity contribution in [3.63, 3.8) is 0 Å². The third-order valence-electron chi connectivity index (χ3n) is 3.53. The molecule has 0 unspecified atom stereocenters. The van der Waals surface area contributed by atoms with Crippen molar-refractivity contribution in [2.45, 2.75) is 6.92 Å². The second-order valence-corrected chi connectivity index (χ2v) is 5.33. The number of aromatic amines is 1. The quantitative estimate of drug-likeness (QED) is 0.597. The summed E-state index contributed by atoms with van der Waals surface area (Å²) in [5.41, 5.74) is 3.39. The van der Waals surface area contributed by atoms with E-state index in [1.807, 2.05) is 42.5 Å². The van der Waals surface area contributed by atoms with E-state index >= 15 is 0 Å². The van der Waals surface area contributed by atoms with Crippen LogP contribution in [0.3, 0.4) is 0 Å². The van der Waals surface area contributed by atoms with E-state index in [2.05, 4.69) is 30.5 Å². The zero-order valence-corrected chi connectivity index (χ0v) is 13.3. The minimum atomic E-state index is -0.255. The number of carbonyl (C=O) groups is 1. The Hall–Kier alpha value is -3.68. The van der Waals surface area contributed by atoms with Gasteiger partial charge in [0.15, 0.2) is 0 Å². The van der Waals surface area contributed by atoms with Gasteiger partial charge in [0.1, 0.15) is 17.5 Å². The minimum Gasteiger partial charge on any atom is -0.295 e. The van der Waals surface area contributed by atoms with Crippen LogP contribution in [0.15, 0.2) is 48.8 Å². The van der Waals surface area contributed by atoms with E-state index in [9.17, 15) is 4.79 Å². The maximum atomic E-state index is 11.3. The summed E-state index contributed by atoms with van der Waals surface area (Å²) in [5.74, 6) is 0.319. The highest BCUT2D eigenvalue weighted by Gasteiger charge is 2.15. The molecule has 0 spiro atoms. The molecule has 0 atom stereocenters. The number of pyridine rings is 1. The van der Waals surface area contributed by atoms with Crippen molar-refractivity contribution in [3.05, 3.63) is 48.8 Å². The normalized spacial score (nSPS) is 10.8. The van der Waals surface area contributed by atoms with Crippen LogP contribution >= 0.6 is 0 Å². The average molecular weight is 331 g/mol. The Balaban J connectivity index is 1.94. The third kappa shape index (κ3) is 2.92. The number of amides is 1. The molecule has 0 bridgehead atoms. The molecule has 1 aromatic carbocycles. The summed E-state index contributed by atoms with van der Waals surface area (Å²) in [4.78, 5) is 28.9. The van der Waals surface area contributed by atoms with Gasteiger partial charge in [-0.2, -0.15) is 5.10 Å². The first-order valence-electron chi connectivity index (χ1n) is 7.58. The number of hydrogen-bond donors (Lipinski definition) is 2. The lowest BCUT2D eigenvalue weighted by Gasteiger charge is -2.08. The van der Waals surface area contributed by atoms with E-state index in [0.29, 0.717) is 22.6 Å². The molecule has 0 saturated heterocycles. The number of anilines is 1. The summed E-state index contributed by atoms with van der Waals surface area (Å²) >= 11 is 0. The Bertz CT molecular complexity index is 1050. The number of nitrogens with one attached hydrogen (secondary N) is 2. The lowest BCUT2D eigenvalue weighted by atomic mass is 10.1. The first kappa shape index (κ1) is 14.9. The summed E-state index contributed by atoms with van der Waals surface area (Å²) in [5, 5.41) is 9.33. The number of hydrogen-bond acceptors (Lipinski definition) is 6. The molecular formula is C17H13N7O. The third-order valence-corrected chi connectivity index (χ3v) is 3.53. The molecule has 3 heterocycles. The van der Waals surface area contributed by atoms with E-state index < -0.39 is 0 Å². The first-order valence-corrected chi connectivity index (χ1v) is 7.58. The van der Waals surface area contributed by atoms with Gasteiger partial charge in [-0.3, -0.25) is 15.2 Å². The number of nitrogens with zero attached hydrogens (tertiary/aromatic N) is 5. The summed E-state index contributed by atoms with van der Waals surface area (Å²) in [6, 6.07) is 13.5. The molecule has 8 heteroatoms. The second kappa shape index (κ2) is 6.08. The molecule has 122 valence electrons. The number of aromatic nitrogens is 6. The fourth-order valence-electron chi connectivity index (χ4n) is 2.48. The monoisotopic (exact) mass is 331 g/mol. The second-order valence-electron chi connectivity index (χ2n) is 5.33. The van der Waals surface area contributed by atoms with E-state index in [1.54, 1.807) is 0 Å². The van der Waals surface area contributed by atoms with Gasteiger partial charge in [-0.25, -0.2) is 19.9 Å². The van der Waals surface area contributed by atoms with Gasteiger partial charge in [0.25, 0.3) is 0 Å². The Morgan fingerprint density at radius 3 is 2.60 bits per heavy atom. The van der Waals surface area contributed by atoms with Crippen molar-refractivity contribution >= 4 is 22.9 Å². The zero-order valence-electron chi connectivity index (χ0n) is 13.3. The summed E-state index contributed by atoms with van der Waals surface area (Å²) < 4.78 is 0. The Labute approximate surface area is 142 Å². The standard InChI is InChI=1S/C17H13N7O/c1-10(25)20-17-22-13-8-7-12(11-5-3-2-4-6-11)21-14(13)15(23-17)16-18-9-19-24-16/h2-9H,1H3,(H,18,19,24)(H,20,22,23,25). The van der Waals surface area contributed by atoms with Gasteiger partial charge in [0.05, 0.1) is 11.2 Å². The van der Waals surface area contributed by atoms with Crippen molar-refractivity contribution in [1.82, 2.24) is 30.1 Å². The van der Waals surface area contributed by atoms with Gasteiger partial charge in [0, 0.05) is 12.5 Å². The van der Waals surface area contributed by atoms with Crippen LogP contribution in [-0.2, 0) is 4.79 Å².